The lowest BCUT2D eigenvalue weighted by molar-refractivity contribution is 0.367. The maximum Gasteiger partial charge on any atom is 0.174 e. The average molecular weight is 204 g/mol. The van der Waals surface area contributed by atoms with Crippen LogP contribution in [0.4, 0.5) is 0 Å². The number of nitriles is 1. The van der Waals surface area contributed by atoms with Gasteiger partial charge >= 0.3 is 0 Å². The summed E-state index contributed by atoms with van der Waals surface area (Å²) in [7, 11) is 0. The van der Waals surface area contributed by atoms with Gasteiger partial charge in [-0.25, -0.2) is 0 Å². The van der Waals surface area contributed by atoms with Crippen molar-refractivity contribution in [1.29, 1.82) is 5.26 Å². The minimum atomic E-state index is 0.0963. The van der Waals surface area contributed by atoms with Crippen LogP contribution < -0.4 is 10.1 Å². The minimum absolute atomic E-state index is 0.0963. The summed E-state index contributed by atoms with van der Waals surface area (Å²) in [5.41, 5.74) is 1.17. The zero-order valence-electron chi connectivity index (χ0n) is 9.16. The number of benzene rings is 1. The molecule has 1 rings (SSSR count). The summed E-state index contributed by atoms with van der Waals surface area (Å²) in [5, 5.41) is 11.7. The highest BCUT2D eigenvalue weighted by atomic mass is 16.5. The van der Waals surface area contributed by atoms with E-state index in [0.717, 1.165) is 12.3 Å². The Balaban J connectivity index is 2.69. The summed E-state index contributed by atoms with van der Waals surface area (Å²) >= 11 is 0. The van der Waals surface area contributed by atoms with Crippen LogP contribution in [0.15, 0.2) is 24.3 Å². The third-order valence-electron chi connectivity index (χ3n) is 2.17. The van der Waals surface area contributed by atoms with E-state index in [2.05, 4.69) is 19.2 Å². The number of nitrogens with zero attached hydrogens (tertiary/aromatic N) is 1. The monoisotopic (exact) mass is 204 g/mol. The molecule has 0 bridgehead atoms. The molecule has 1 unspecified atom stereocenters. The predicted molar refractivity (Wildman–Crippen MR) is 59.6 cm³/mol. The quantitative estimate of drug-likeness (QED) is 0.800. The van der Waals surface area contributed by atoms with E-state index in [1.807, 2.05) is 30.3 Å². The molecule has 0 fully saturated rings. The zero-order valence-corrected chi connectivity index (χ0v) is 9.16. The first kappa shape index (κ1) is 11.5. The van der Waals surface area contributed by atoms with Crippen LogP contribution in [0.5, 0.6) is 5.75 Å². The Morgan fingerprint density at radius 2 is 2.33 bits per heavy atom. The normalized spacial score (nSPS) is 11.8. The molecule has 1 aromatic carbocycles. The van der Waals surface area contributed by atoms with Crippen molar-refractivity contribution in [2.24, 2.45) is 0 Å². The van der Waals surface area contributed by atoms with Crippen LogP contribution in [-0.2, 0) is 0 Å². The number of hydrogen-bond acceptors (Lipinski definition) is 3. The maximum atomic E-state index is 8.40. The lowest BCUT2D eigenvalue weighted by atomic mass is 10.1. The number of rotatable bonds is 5. The molecule has 15 heavy (non-hydrogen) atoms. The highest BCUT2D eigenvalue weighted by Gasteiger charge is 2.04. The van der Waals surface area contributed by atoms with Gasteiger partial charge in [-0.3, -0.25) is 0 Å². The first-order valence-electron chi connectivity index (χ1n) is 5.11. The van der Waals surface area contributed by atoms with Gasteiger partial charge in [0, 0.05) is 6.04 Å². The lowest BCUT2D eigenvalue weighted by Gasteiger charge is -2.13. The Morgan fingerprint density at radius 3 is 3.00 bits per heavy atom. The van der Waals surface area contributed by atoms with Gasteiger partial charge < -0.3 is 10.1 Å². The second-order valence-corrected chi connectivity index (χ2v) is 3.30. The highest BCUT2D eigenvalue weighted by Crippen LogP contribution is 2.18. The predicted octanol–water partition coefficient (Wildman–Crippen LogP) is 2.26. The van der Waals surface area contributed by atoms with Gasteiger partial charge in [0.15, 0.2) is 6.61 Å². The maximum absolute atomic E-state index is 8.40. The summed E-state index contributed by atoms with van der Waals surface area (Å²) in [6.45, 7) is 5.21. The van der Waals surface area contributed by atoms with Crippen LogP contribution >= 0.6 is 0 Å². The fourth-order valence-electron chi connectivity index (χ4n) is 1.41. The van der Waals surface area contributed by atoms with Crippen LogP contribution in [0.1, 0.15) is 25.5 Å². The number of hydrogen-bond donors (Lipinski definition) is 1. The molecule has 0 aromatic heterocycles. The van der Waals surface area contributed by atoms with E-state index in [4.69, 9.17) is 10.00 Å². The fourth-order valence-corrected chi connectivity index (χ4v) is 1.41. The number of nitrogens with one attached hydrogen (secondary N) is 1. The van der Waals surface area contributed by atoms with Crippen LogP contribution in [-0.4, -0.2) is 13.2 Å². The molecule has 0 spiro atoms. The van der Waals surface area contributed by atoms with Gasteiger partial charge in [0.05, 0.1) is 0 Å². The molecule has 1 N–H and O–H groups in total. The molecule has 1 atom stereocenters. The van der Waals surface area contributed by atoms with Crippen molar-refractivity contribution in [2.45, 2.75) is 19.9 Å². The van der Waals surface area contributed by atoms with Gasteiger partial charge in [0.1, 0.15) is 11.8 Å². The summed E-state index contributed by atoms with van der Waals surface area (Å²) in [5.74, 6) is 0.749. The summed E-state index contributed by atoms with van der Waals surface area (Å²) in [4.78, 5) is 0. The van der Waals surface area contributed by atoms with Gasteiger partial charge in [-0.05, 0) is 31.2 Å². The Hall–Kier alpha value is -1.53. The van der Waals surface area contributed by atoms with Crippen molar-refractivity contribution in [3.63, 3.8) is 0 Å². The SMILES string of the molecule is CCNC(C)c1cccc(OCC#N)c1. The van der Waals surface area contributed by atoms with Gasteiger partial charge in [0.2, 0.25) is 0 Å². The van der Waals surface area contributed by atoms with Crippen molar-refractivity contribution in [2.75, 3.05) is 13.2 Å². The van der Waals surface area contributed by atoms with Crippen molar-refractivity contribution in [3.8, 4) is 11.8 Å². The van der Waals surface area contributed by atoms with E-state index in [1.165, 1.54) is 5.56 Å². The molecule has 3 heteroatoms. The Bertz CT molecular complexity index is 344. The van der Waals surface area contributed by atoms with E-state index in [1.54, 1.807) is 0 Å². The molecule has 0 aliphatic carbocycles. The van der Waals surface area contributed by atoms with Gasteiger partial charge in [-0.2, -0.15) is 5.26 Å². The summed E-state index contributed by atoms with van der Waals surface area (Å²) < 4.78 is 5.24. The average Bonchev–Trinajstić information content (AvgIpc) is 2.27. The van der Waals surface area contributed by atoms with Crippen LogP contribution in [0, 0.1) is 11.3 Å². The van der Waals surface area contributed by atoms with Crippen molar-refractivity contribution < 1.29 is 4.74 Å². The molecule has 0 amide bonds. The smallest absolute Gasteiger partial charge is 0.174 e. The first-order chi connectivity index (χ1) is 7.27. The first-order valence-corrected chi connectivity index (χ1v) is 5.11. The van der Waals surface area contributed by atoms with E-state index >= 15 is 0 Å². The molecule has 80 valence electrons. The third kappa shape index (κ3) is 3.61. The van der Waals surface area contributed by atoms with Crippen LogP contribution in [0.3, 0.4) is 0 Å². The van der Waals surface area contributed by atoms with Crippen molar-refractivity contribution in [3.05, 3.63) is 29.8 Å². The highest BCUT2D eigenvalue weighted by molar-refractivity contribution is 5.30. The summed E-state index contributed by atoms with van der Waals surface area (Å²) in [6.07, 6.45) is 0. The molecule has 0 saturated heterocycles. The molecular formula is C12H16N2O. The molecule has 0 saturated carbocycles. The molecule has 0 aliphatic heterocycles. The third-order valence-corrected chi connectivity index (χ3v) is 2.17. The lowest BCUT2D eigenvalue weighted by Crippen LogP contribution is -2.17. The Labute approximate surface area is 90.7 Å². The second kappa shape index (κ2) is 6.05. The molecule has 3 nitrogen and oxygen atoms in total. The largest absolute Gasteiger partial charge is 0.479 e. The molecular weight excluding hydrogens is 188 g/mol. The van der Waals surface area contributed by atoms with Crippen LogP contribution in [0.2, 0.25) is 0 Å². The zero-order chi connectivity index (χ0) is 11.1. The Morgan fingerprint density at radius 1 is 1.53 bits per heavy atom. The van der Waals surface area contributed by atoms with Gasteiger partial charge in [-0.15, -0.1) is 0 Å². The van der Waals surface area contributed by atoms with E-state index < -0.39 is 0 Å². The van der Waals surface area contributed by atoms with Gasteiger partial charge in [-0.1, -0.05) is 19.1 Å². The molecule has 1 aromatic rings. The van der Waals surface area contributed by atoms with E-state index in [9.17, 15) is 0 Å². The van der Waals surface area contributed by atoms with Crippen molar-refractivity contribution in [1.82, 2.24) is 5.32 Å². The second-order valence-electron chi connectivity index (χ2n) is 3.30. The summed E-state index contributed by atoms with van der Waals surface area (Å²) in [6, 6.07) is 10.1. The molecule has 0 heterocycles. The minimum Gasteiger partial charge on any atom is -0.479 e. The topological polar surface area (TPSA) is 45.0 Å². The van der Waals surface area contributed by atoms with Crippen molar-refractivity contribution >= 4 is 0 Å². The van der Waals surface area contributed by atoms with Gasteiger partial charge in [0.25, 0.3) is 0 Å². The van der Waals surface area contributed by atoms with E-state index in [-0.39, 0.29) is 6.61 Å². The standard InChI is InChI=1S/C12H16N2O/c1-3-14-10(2)11-5-4-6-12(9-11)15-8-7-13/h4-6,9-10,14H,3,8H2,1-2H3. The molecule has 0 aliphatic rings. The number of ether oxygens (including phenoxy) is 1. The fraction of sp³-hybridized carbons (Fsp3) is 0.417. The van der Waals surface area contributed by atoms with Crippen LogP contribution in [0.25, 0.3) is 0 Å². The molecule has 0 radical (unpaired) electrons. The Kier molecular flexibility index (Phi) is 4.65. The van der Waals surface area contributed by atoms with E-state index in [0.29, 0.717) is 6.04 Å².